The molecule has 0 N–H and O–H groups in total. The van der Waals surface area contributed by atoms with Crippen molar-refractivity contribution in [1.82, 2.24) is 0 Å². The first-order valence-corrected chi connectivity index (χ1v) is 7.25. The Bertz CT molecular complexity index is 898. The van der Waals surface area contributed by atoms with Gasteiger partial charge in [0.05, 0.1) is 0 Å². The Morgan fingerprint density at radius 1 is 1.05 bits per heavy atom. The van der Waals surface area contributed by atoms with Crippen LogP contribution in [0, 0.1) is 0 Å². The van der Waals surface area contributed by atoms with Gasteiger partial charge in [-0.3, -0.25) is 4.79 Å². The third kappa shape index (κ3) is 2.77. The quantitative estimate of drug-likeness (QED) is 0.499. The topological polar surface area (TPSA) is 47.3 Å². The molecule has 2 aromatic carbocycles. The fraction of sp³-hybridized carbons (Fsp3) is 0. The zero-order valence-corrected chi connectivity index (χ0v) is 12.9. The van der Waals surface area contributed by atoms with Gasteiger partial charge in [0.25, 0.3) is 0 Å². The number of fused-ring (bicyclic) bond motifs is 1. The van der Waals surface area contributed by atoms with E-state index in [1.165, 1.54) is 0 Å². The Morgan fingerprint density at radius 3 is 2.48 bits per heavy atom. The Hall–Kier alpha value is -1.91. The highest BCUT2D eigenvalue weighted by Crippen LogP contribution is 2.20. The molecular formula is C16H8BrClO3. The average molecular weight is 364 g/mol. The van der Waals surface area contributed by atoms with Crippen molar-refractivity contribution >= 4 is 44.3 Å². The van der Waals surface area contributed by atoms with E-state index in [0.717, 1.165) is 4.47 Å². The van der Waals surface area contributed by atoms with E-state index >= 15 is 0 Å². The van der Waals surface area contributed by atoms with Crippen LogP contribution in [0.25, 0.3) is 11.0 Å². The minimum atomic E-state index is -0.648. The molecule has 0 aliphatic carbocycles. The Balaban J connectivity index is 2.15. The van der Waals surface area contributed by atoms with Gasteiger partial charge in [-0.15, -0.1) is 0 Å². The zero-order chi connectivity index (χ0) is 15.0. The molecule has 0 radical (unpaired) electrons. The first-order valence-electron chi connectivity index (χ1n) is 6.08. The Labute approximate surface area is 133 Å². The molecule has 0 amide bonds. The van der Waals surface area contributed by atoms with Crippen molar-refractivity contribution in [3.63, 3.8) is 0 Å². The van der Waals surface area contributed by atoms with Crippen molar-refractivity contribution in [1.29, 1.82) is 0 Å². The molecule has 0 fully saturated rings. The highest BCUT2D eigenvalue weighted by Gasteiger charge is 2.15. The fourth-order valence-corrected chi connectivity index (χ4v) is 2.51. The van der Waals surface area contributed by atoms with Gasteiger partial charge in [-0.05, 0) is 48.5 Å². The lowest BCUT2D eigenvalue weighted by Crippen LogP contribution is -2.14. The van der Waals surface area contributed by atoms with Gasteiger partial charge in [-0.25, -0.2) is 4.79 Å². The summed E-state index contributed by atoms with van der Waals surface area (Å²) in [6.45, 7) is 0. The van der Waals surface area contributed by atoms with Crippen LogP contribution >= 0.6 is 27.5 Å². The van der Waals surface area contributed by atoms with Crippen molar-refractivity contribution in [2.24, 2.45) is 0 Å². The summed E-state index contributed by atoms with van der Waals surface area (Å²) >= 11 is 9.14. The highest BCUT2D eigenvalue weighted by atomic mass is 79.9. The normalized spacial score (nSPS) is 10.8. The molecule has 3 rings (SSSR count). The van der Waals surface area contributed by atoms with Gasteiger partial charge in [0.2, 0.25) is 0 Å². The number of hydrogen-bond acceptors (Lipinski definition) is 3. The minimum absolute atomic E-state index is 0.00271. The Kier molecular flexibility index (Phi) is 3.66. The molecule has 1 aromatic heterocycles. The van der Waals surface area contributed by atoms with Crippen LogP contribution in [0.15, 0.2) is 62.2 Å². The van der Waals surface area contributed by atoms with Gasteiger partial charge in [0.1, 0.15) is 11.1 Å². The summed E-state index contributed by atoms with van der Waals surface area (Å²) in [7, 11) is 0. The monoisotopic (exact) mass is 362 g/mol. The molecule has 0 aliphatic heterocycles. The maximum Gasteiger partial charge on any atom is 0.347 e. The molecule has 0 unspecified atom stereocenters. The zero-order valence-electron chi connectivity index (χ0n) is 10.6. The number of ketones is 1. The van der Waals surface area contributed by atoms with E-state index in [1.807, 2.05) is 0 Å². The molecule has 0 atom stereocenters. The summed E-state index contributed by atoms with van der Waals surface area (Å²) in [5.41, 5.74) is 0.185. The van der Waals surface area contributed by atoms with Gasteiger partial charge < -0.3 is 4.42 Å². The van der Waals surface area contributed by atoms with Crippen molar-refractivity contribution in [3.05, 3.63) is 79.6 Å². The van der Waals surface area contributed by atoms with E-state index in [4.69, 9.17) is 16.0 Å². The molecule has 104 valence electrons. The summed E-state index contributed by atoms with van der Waals surface area (Å²) < 4.78 is 6.03. The lowest BCUT2D eigenvalue weighted by molar-refractivity contribution is 0.103. The first kappa shape index (κ1) is 14.0. The van der Waals surface area contributed by atoms with Gasteiger partial charge in [-0.2, -0.15) is 0 Å². The molecule has 0 saturated carbocycles. The van der Waals surface area contributed by atoms with Crippen molar-refractivity contribution in [2.45, 2.75) is 0 Å². The number of carbonyl (C=O) groups excluding carboxylic acids is 1. The van der Waals surface area contributed by atoms with Crippen LogP contribution < -0.4 is 5.63 Å². The molecule has 0 bridgehead atoms. The summed E-state index contributed by atoms with van der Waals surface area (Å²) in [4.78, 5) is 24.4. The molecule has 3 aromatic rings. The molecule has 1 heterocycles. The number of halogens is 2. The van der Waals surface area contributed by atoms with Gasteiger partial charge in [0.15, 0.2) is 5.78 Å². The molecule has 0 aliphatic rings. The van der Waals surface area contributed by atoms with E-state index in [9.17, 15) is 9.59 Å². The summed E-state index contributed by atoms with van der Waals surface area (Å²) in [5, 5.41) is 1.21. The smallest absolute Gasteiger partial charge is 0.347 e. The van der Waals surface area contributed by atoms with E-state index in [-0.39, 0.29) is 11.3 Å². The lowest BCUT2D eigenvalue weighted by atomic mass is 10.0. The maximum atomic E-state index is 12.4. The first-order chi connectivity index (χ1) is 10.0. The third-order valence-electron chi connectivity index (χ3n) is 3.05. The van der Waals surface area contributed by atoms with Gasteiger partial charge >= 0.3 is 5.63 Å². The van der Waals surface area contributed by atoms with Crippen molar-refractivity contribution < 1.29 is 9.21 Å². The molecule has 5 heteroatoms. The van der Waals surface area contributed by atoms with Gasteiger partial charge in [0, 0.05) is 20.4 Å². The number of rotatable bonds is 2. The van der Waals surface area contributed by atoms with Gasteiger partial charge in [-0.1, -0.05) is 27.5 Å². The fourth-order valence-electron chi connectivity index (χ4n) is 2.01. The largest absolute Gasteiger partial charge is 0.422 e. The predicted octanol–water partition coefficient (Wildman–Crippen LogP) is 4.44. The second kappa shape index (κ2) is 5.47. The molecular weight excluding hydrogens is 356 g/mol. The SMILES string of the molecule is O=C(c1ccc(Cl)cc1)c1cc2cc(Br)ccc2oc1=O. The lowest BCUT2D eigenvalue weighted by Gasteiger charge is -2.03. The second-order valence-electron chi connectivity index (χ2n) is 4.47. The highest BCUT2D eigenvalue weighted by molar-refractivity contribution is 9.10. The van der Waals surface area contributed by atoms with Crippen LogP contribution in [0.4, 0.5) is 0 Å². The van der Waals surface area contributed by atoms with E-state index in [1.54, 1.807) is 48.5 Å². The maximum absolute atomic E-state index is 12.4. The second-order valence-corrected chi connectivity index (χ2v) is 5.82. The third-order valence-corrected chi connectivity index (χ3v) is 3.79. The minimum Gasteiger partial charge on any atom is -0.422 e. The number of carbonyl (C=O) groups is 1. The van der Waals surface area contributed by atoms with Crippen molar-refractivity contribution in [2.75, 3.05) is 0 Å². The molecule has 3 nitrogen and oxygen atoms in total. The van der Waals surface area contributed by atoms with E-state index < -0.39 is 5.63 Å². The average Bonchev–Trinajstić information content (AvgIpc) is 2.47. The van der Waals surface area contributed by atoms with Crippen LogP contribution in [-0.4, -0.2) is 5.78 Å². The number of benzene rings is 2. The van der Waals surface area contributed by atoms with Crippen LogP contribution in [0.2, 0.25) is 5.02 Å². The molecule has 0 spiro atoms. The number of hydrogen-bond donors (Lipinski definition) is 0. The predicted molar refractivity (Wildman–Crippen MR) is 85.1 cm³/mol. The summed E-state index contributed by atoms with van der Waals surface area (Å²) in [5.74, 6) is -0.387. The standard InChI is InChI=1S/C16H8BrClO3/c17-11-3-6-14-10(7-11)8-13(16(20)21-14)15(19)9-1-4-12(18)5-2-9/h1-8H. The van der Waals surface area contributed by atoms with Crippen LogP contribution in [-0.2, 0) is 0 Å². The summed E-state index contributed by atoms with van der Waals surface area (Å²) in [6, 6.07) is 13.1. The Morgan fingerprint density at radius 2 is 1.76 bits per heavy atom. The van der Waals surface area contributed by atoms with Crippen LogP contribution in [0.3, 0.4) is 0 Å². The summed E-state index contributed by atoms with van der Waals surface area (Å²) in [6.07, 6.45) is 0. The van der Waals surface area contributed by atoms with Crippen LogP contribution in [0.1, 0.15) is 15.9 Å². The molecule has 21 heavy (non-hydrogen) atoms. The van der Waals surface area contributed by atoms with Crippen molar-refractivity contribution in [3.8, 4) is 0 Å². The van der Waals surface area contributed by atoms with E-state index in [2.05, 4.69) is 15.9 Å². The van der Waals surface area contributed by atoms with Crippen LogP contribution in [0.5, 0.6) is 0 Å². The molecule has 0 saturated heterocycles. The van der Waals surface area contributed by atoms with E-state index in [0.29, 0.717) is 21.6 Å².